The first-order chi connectivity index (χ1) is 14.5. The van der Waals surface area contributed by atoms with E-state index in [1.54, 1.807) is 31.3 Å². The molecule has 0 heterocycles. The lowest BCUT2D eigenvalue weighted by Crippen LogP contribution is -2.18. The maximum absolute atomic E-state index is 10.9. The van der Waals surface area contributed by atoms with Gasteiger partial charge in [0.25, 0.3) is 11.4 Å². The van der Waals surface area contributed by atoms with Crippen LogP contribution in [-0.2, 0) is 0 Å². The van der Waals surface area contributed by atoms with Crippen LogP contribution in [0.15, 0.2) is 93.6 Å². The summed E-state index contributed by atoms with van der Waals surface area (Å²) in [4.78, 5) is 26.9. The number of amidine groups is 1. The van der Waals surface area contributed by atoms with Crippen molar-refractivity contribution in [2.75, 3.05) is 7.05 Å². The van der Waals surface area contributed by atoms with Gasteiger partial charge in [-0.1, -0.05) is 30.3 Å². The van der Waals surface area contributed by atoms with Crippen LogP contribution in [0.2, 0.25) is 0 Å². The zero-order valence-corrected chi connectivity index (χ0v) is 17.4. The molecule has 0 atom stereocenters. The van der Waals surface area contributed by atoms with E-state index in [1.165, 1.54) is 48.2 Å². The molecule has 3 rings (SSSR count). The normalized spacial score (nSPS) is 11.2. The van der Waals surface area contributed by atoms with Gasteiger partial charge in [0.05, 0.1) is 9.85 Å². The van der Waals surface area contributed by atoms with E-state index < -0.39 is 9.85 Å². The maximum Gasteiger partial charge on any atom is 0.269 e. The molecule has 0 saturated carbocycles. The second-order valence-electron chi connectivity index (χ2n) is 5.85. The Hall–Kier alpha value is -3.37. The molecule has 0 radical (unpaired) electrons. The molecule has 0 aliphatic rings. The maximum atomic E-state index is 10.9. The summed E-state index contributed by atoms with van der Waals surface area (Å²) in [5, 5.41) is 21.8. The van der Waals surface area contributed by atoms with Crippen LogP contribution < -0.4 is 0 Å². The fraction of sp³-hybridized carbons (Fsp3) is 0.0500. The molecule has 3 aromatic carbocycles. The number of nitro benzene ring substituents is 2. The van der Waals surface area contributed by atoms with Crippen molar-refractivity contribution in [1.82, 2.24) is 3.71 Å². The lowest BCUT2D eigenvalue weighted by molar-refractivity contribution is -0.385. The topological polar surface area (TPSA) is 102 Å². The van der Waals surface area contributed by atoms with Crippen molar-refractivity contribution >= 4 is 41.1 Å². The number of hydrogen-bond acceptors (Lipinski definition) is 7. The summed E-state index contributed by atoms with van der Waals surface area (Å²) < 4.78 is 1.87. The molecule has 0 aromatic heterocycles. The van der Waals surface area contributed by atoms with E-state index in [4.69, 9.17) is 0 Å². The van der Waals surface area contributed by atoms with Gasteiger partial charge in [-0.25, -0.2) is 3.71 Å². The molecular weight excluding hydrogens is 424 g/mol. The molecule has 0 fully saturated rings. The molecule has 0 aliphatic carbocycles. The van der Waals surface area contributed by atoms with E-state index in [9.17, 15) is 20.2 Å². The Kier molecular flexibility index (Phi) is 7.04. The van der Waals surface area contributed by atoms with Crippen molar-refractivity contribution in [3.8, 4) is 0 Å². The van der Waals surface area contributed by atoms with E-state index >= 15 is 0 Å². The van der Waals surface area contributed by atoms with Gasteiger partial charge in [0.2, 0.25) is 0 Å². The molecule has 0 N–H and O–H groups in total. The number of non-ortho nitro benzene ring substituents is 2. The summed E-state index contributed by atoms with van der Waals surface area (Å²) in [5.41, 5.74) is 0.923. The minimum Gasteiger partial charge on any atom is -0.270 e. The summed E-state index contributed by atoms with van der Waals surface area (Å²) in [5.74, 6) is 0.683. The van der Waals surface area contributed by atoms with Crippen molar-refractivity contribution < 1.29 is 9.85 Å². The second kappa shape index (κ2) is 9.90. The van der Waals surface area contributed by atoms with Gasteiger partial charge in [0.15, 0.2) is 5.84 Å². The molecule has 0 saturated heterocycles. The van der Waals surface area contributed by atoms with Crippen molar-refractivity contribution in [2.45, 2.75) is 9.79 Å². The lowest BCUT2D eigenvalue weighted by atomic mass is 10.2. The Bertz CT molecular complexity index is 999. The van der Waals surface area contributed by atoms with Crippen LogP contribution >= 0.6 is 23.9 Å². The second-order valence-corrected chi connectivity index (χ2v) is 8.12. The van der Waals surface area contributed by atoms with Gasteiger partial charge in [0, 0.05) is 70.6 Å². The summed E-state index contributed by atoms with van der Waals surface area (Å²) >= 11 is 2.70. The highest BCUT2D eigenvalue weighted by Crippen LogP contribution is 2.37. The van der Waals surface area contributed by atoms with E-state index in [0.717, 1.165) is 15.4 Å². The fourth-order valence-corrected chi connectivity index (χ4v) is 4.57. The fourth-order valence-electron chi connectivity index (χ4n) is 2.46. The number of nitro groups is 2. The first kappa shape index (κ1) is 21.3. The Morgan fingerprint density at radius 1 is 0.767 bits per heavy atom. The largest absolute Gasteiger partial charge is 0.270 e. The monoisotopic (exact) mass is 440 g/mol. The van der Waals surface area contributed by atoms with Gasteiger partial charge in [-0.15, -0.1) is 0 Å². The molecule has 30 heavy (non-hydrogen) atoms. The highest BCUT2D eigenvalue weighted by Gasteiger charge is 2.18. The minimum absolute atomic E-state index is 0.0152. The highest BCUT2D eigenvalue weighted by molar-refractivity contribution is 8.12. The van der Waals surface area contributed by atoms with Gasteiger partial charge in [-0.3, -0.25) is 25.2 Å². The molecule has 0 amide bonds. The number of nitrogens with zero attached hydrogens (tertiary/aromatic N) is 4. The predicted octanol–water partition coefficient (Wildman–Crippen LogP) is 5.60. The van der Waals surface area contributed by atoms with E-state index in [0.29, 0.717) is 5.84 Å². The minimum atomic E-state index is -0.444. The Morgan fingerprint density at radius 2 is 1.20 bits per heavy atom. The van der Waals surface area contributed by atoms with Gasteiger partial charge in [-0.05, 0) is 24.3 Å². The quantitative estimate of drug-likeness (QED) is 0.155. The van der Waals surface area contributed by atoms with Gasteiger partial charge < -0.3 is 0 Å². The Morgan fingerprint density at radius 3 is 1.57 bits per heavy atom. The zero-order valence-electron chi connectivity index (χ0n) is 15.7. The Labute approximate surface area is 181 Å². The molecule has 8 nitrogen and oxygen atoms in total. The van der Waals surface area contributed by atoms with Gasteiger partial charge in [-0.2, -0.15) is 0 Å². The summed E-state index contributed by atoms with van der Waals surface area (Å²) in [6, 6.07) is 22.1. The molecule has 0 bridgehead atoms. The third-order valence-electron chi connectivity index (χ3n) is 3.89. The third-order valence-corrected chi connectivity index (χ3v) is 5.98. The van der Waals surface area contributed by atoms with Crippen LogP contribution in [0, 0.1) is 20.2 Å². The van der Waals surface area contributed by atoms with Crippen LogP contribution in [0.3, 0.4) is 0 Å². The van der Waals surface area contributed by atoms with E-state index in [2.05, 4.69) is 4.99 Å². The molecule has 0 aliphatic heterocycles. The van der Waals surface area contributed by atoms with Crippen molar-refractivity contribution in [1.29, 1.82) is 0 Å². The van der Waals surface area contributed by atoms with Crippen LogP contribution in [0.1, 0.15) is 5.56 Å². The van der Waals surface area contributed by atoms with Gasteiger partial charge in [0.1, 0.15) is 0 Å². The molecule has 3 aromatic rings. The van der Waals surface area contributed by atoms with Crippen molar-refractivity contribution in [3.05, 3.63) is 105 Å². The smallest absolute Gasteiger partial charge is 0.269 e. The molecule has 0 unspecified atom stereocenters. The summed E-state index contributed by atoms with van der Waals surface area (Å²) in [6.07, 6.45) is 0. The average Bonchev–Trinajstić information content (AvgIpc) is 2.75. The Balaban J connectivity index is 1.91. The number of hydrogen-bond donors (Lipinski definition) is 0. The van der Waals surface area contributed by atoms with E-state index in [-0.39, 0.29) is 11.4 Å². The summed E-state index contributed by atoms with van der Waals surface area (Å²) in [7, 11) is 1.68. The van der Waals surface area contributed by atoms with Crippen LogP contribution in [0.4, 0.5) is 11.4 Å². The van der Waals surface area contributed by atoms with Crippen molar-refractivity contribution in [2.24, 2.45) is 4.99 Å². The SMILES string of the molecule is CN=C(c1ccccc1)N(Sc1ccc([N+](=O)[O-])cc1)Sc1ccc([N+](=O)[O-])cc1. The molecule has 152 valence electrons. The standard InChI is InChI=1S/C20H16N4O4S2/c1-21-20(15-5-3-2-4-6-15)24(29-18-11-7-16(8-12-18)22(25)26)30-19-13-9-17(10-14-19)23(27)28/h2-14H,1H3. The first-order valence-corrected chi connectivity index (χ1v) is 10.2. The zero-order chi connectivity index (χ0) is 21.5. The number of aliphatic imine (C=N–C) groups is 1. The highest BCUT2D eigenvalue weighted by atomic mass is 32.2. The first-order valence-electron chi connectivity index (χ1n) is 8.65. The molecular formula is C20H16N4O4S2. The van der Waals surface area contributed by atoms with Gasteiger partial charge >= 0.3 is 0 Å². The third kappa shape index (κ3) is 5.37. The van der Waals surface area contributed by atoms with E-state index in [1.807, 2.05) is 34.0 Å². The summed E-state index contributed by atoms with van der Waals surface area (Å²) in [6.45, 7) is 0. The predicted molar refractivity (Wildman–Crippen MR) is 119 cm³/mol. The lowest BCUT2D eigenvalue weighted by Gasteiger charge is -2.23. The number of rotatable bonds is 7. The van der Waals surface area contributed by atoms with Crippen LogP contribution in [0.25, 0.3) is 0 Å². The average molecular weight is 441 g/mol. The molecule has 0 spiro atoms. The van der Waals surface area contributed by atoms with Crippen molar-refractivity contribution in [3.63, 3.8) is 0 Å². The van der Waals surface area contributed by atoms with Crippen LogP contribution in [0.5, 0.6) is 0 Å². The number of benzene rings is 3. The van der Waals surface area contributed by atoms with Crippen LogP contribution in [-0.4, -0.2) is 26.4 Å². The molecule has 10 heteroatoms.